The first kappa shape index (κ1) is 24.0. The molecule has 0 bridgehead atoms. The molecule has 3 aromatic rings. The molecule has 0 fully saturated rings. The predicted octanol–water partition coefficient (Wildman–Crippen LogP) is 4.01. The summed E-state index contributed by atoms with van der Waals surface area (Å²) in [4.78, 5) is 36.4. The van der Waals surface area contributed by atoms with Crippen molar-refractivity contribution >= 4 is 23.8 Å². The number of rotatable bonds is 8. The average molecular weight is 477 g/mol. The van der Waals surface area contributed by atoms with Gasteiger partial charge in [0.15, 0.2) is 0 Å². The highest BCUT2D eigenvalue weighted by molar-refractivity contribution is 6.01. The molecule has 35 heavy (non-hydrogen) atoms. The van der Waals surface area contributed by atoms with Crippen molar-refractivity contribution in [3.05, 3.63) is 71.4 Å². The van der Waals surface area contributed by atoms with Gasteiger partial charge in [-0.1, -0.05) is 62.4 Å². The Balaban J connectivity index is 1.41. The summed E-state index contributed by atoms with van der Waals surface area (Å²) in [5.41, 5.74) is 4.00. The van der Waals surface area contributed by atoms with Gasteiger partial charge in [0.25, 0.3) is 5.91 Å². The lowest BCUT2D eigenvalue weighted by molar-refractivity contribution is -0.139. The molecule has 0 atom stereocenters. The number of benzene rings is 2. The fourth-order valence-electron chi connectivity index (χ4n) is 4.37. The van der Waals surface area contributed by atoms with Crippen LogP contribution in [0.15, 0.2) is 54.7 Å². The third-order valence-electron chi connectivity index (χ3n) is 6.10. The average Bonchev–Trinajstić information content (AvgIpc) is 3.33. The first-order chi connectivity index (χ1) is 16.7. The van der Waals surface area contributed by atoms with Crippen molar-refractivity contribution in [1.82, 2.24) is 15.1 Å². The number of carboxylic acids is 1. The fourth-order valence-corrected chi connectivity index (χ4v) is 4.37. The largest absolute Gasteiger partial charge is 0.481 e. The minimum absolute atomic E-state index is 0.0843. The quantitative estimate of drug-likeness (QED) is 0.451. The molecule has 1 heterocycles. The SMILES string of the molecule is Cn1ncc(C(=O)NCC(C)(C)CC(=O)O)c1NC(=O)OCC1c2ccccc2-c2ccccc21. The highest BCUT2D eigenvalue weighted by atomic mass is 16.5. The number of carbonyl (C=O) groups is 3. The normalized spacial score (nSPS) is 12.5. The molecule has 0 saturated carbocycles. The summed E-state index contributed by atoms with van der Waals surface area (Å²) in [6, 6.07) is 16.1. The van der Waals surface area contributed by atoms with Crippen LogP contribution in [0.5, 0.6) is 0 Å². The third kappa shape index (κ3) is 5.18. The first-order valence-corrected chi connectivity index (χ1v) is 11.3. The molecule has 4 rings (SSSR count). The van der Waals surface area contributed by atoms with Gasteiger partial charge < -0.3 is 15.2 Å². The van der Waals surface area contributed by atoms with E-state index in [2.05, 4.69) is 27.9 Å². The van der Waals surface area contributed by atoms with E-state index < -0.39 is 23.4 Å². The zero-order chi connectivity index (χ0) is 25.2. The molecule has 0 radical (unpaired) electrons. The number of nitrogens with zero attached hydrogens (tertiary/aromatic N) is 2. The number of carboxylic acid groups (broad SMARTS) is 1. The number of hydrogen-bond acceptors (Lipinski definition) is 5. The molecule has 9 heteroatoms. The van der Waals surface area contributed by atoms with Crippen LogP contribution in [0.4, 0.5) is 10.6 Å². The van der Waals surface area contributed by atoms with Crippen LogP contribution in [0.25, 0.3) is 11.1 Å². The van der Waals surface area contributed by atoms with Crippen LogP contribution >= 0.6 is 0 Å². The highest BCUT2D eigenvalue weighted by Crippen LogP contribution is 2.44. The Bertz CT molecular complexity index is 1230. The summed E-state index contributed by atoms with van der Waals surface area (Å²) in [6.07, 6.45) is 0.555. The van der Waals surface area contributed by atoms with E-state index in [0.29, 0.717) is 0 Å². The van der Waals surface area contributed by atoms with Crippen LogP contribution in [-0.4, -0.2) is 46.0 Å². The van der Waals surface area contributed by atoms with Gasteiger partial charge in [-0.2, -0.15) is 5.10 Å². The van der Waals surface area contributed by atoms with Crippen molar-refractivity contribution in [3.63, 3.8) is 0 Å². The van der Waals surface area contributed by atoms with Crippen LogP contribution in [0.2, 0.25) is 0 Å². The Morgan fingerprint density at radius 2 is 1.66 bits per heavy atom. The smallest absolute Gasteiger partial charge is 0.412 e. The first-order valence-electron chi connectivity index (χ1n) is 11.3. The highest BCUT2D eigenvalue weighted by Gasteiger charge is 2.29. The molecule has 1 aliphatic carbocycles. The molecule has 3 N–H and O–H groups in total. The third-order valence-corrected chi connectivity index (χ3v) is 6.10. The molecule has 1 aliphatic rings. The van der Waals surface area contributed by atoms with Crippen LogP contribution in [0, 0.1) is 5.41 Å². The van der Waals surface area contributed by atoms with Crippen molar-refractivity contribution in [1.29, 1.82) is 0 Å². The fraction of sp³-hybridized carbons (Fsp3) is 0.308. The monoisotopic (exact) mass is 476 g/mol. The number of amides is 2. The van der Waals surface area contributed by atoms with E-state index in [4.69, 9.17) is 9.84 Å². The van der Waals surface area contributed by atoms with E-state index in [-0.39, 0.29) is 36.9 Å². The molecule has 1 aromatic heterocycles. The molecular formula is C26H28N4O5. The number of carbonyl (C=O) groups excluding carboxylic acids is 2. The van der Waals surface area contributed by atoms with E-state index in [0.717, 1.165) is 22.3 Å². The molecule has 0 spiro atoms. The second kappa shape index (κ2) is 9.61. The van der Waals surface area contributed by atoms with Crippen LogP contribution < -0.4 is 10.6 Å². The standard InChI is InChI=1S/C26H28N4O5/c1-26(2,12-22(31)32)15-27-24(33)20-13-28-30(3)23(20)29-25(34)35-14-21-18-10-6-4-8-16(18)17-9-5-7-11-19(17)21/h4-11,13,21H,12,14-15H2,1-3H3,(H,27,33)(H,29,34)(H,31,32). The number of aryl methyl sites for hydroxylation is 1. The van der Waals surface area contributed by atoms with Crippen molar-refractivity contribution < 1.29 is 24.2 Å². The van der Waals surface area contributed by atoms with Gasteiger partial charge in [-0.25, -0.2) is 4.79 Å². The Morgan fingerprint density at radius 1 is 1.06 bits per heavy atom. The van der Waals surface area contributed by atoms with Gasteiger partial charge in [0.2, 0.25) is 0 Å². The number of anilines is 1. The van der Waals surface area contributed by atoms with E-state index in [1.165, 1.54) is 10.9 Å². The Morgan fingerprint density at radius 3 is 2.26 bits per heavy atom. The molecule has 2 aromatic carbocycles. The summed E-state index contributed by atoms with van der Waals surface area (Å²) >= 11 is 0. The lowest BCUT2D eigenvalue weighted by Crippen LogP contribution is -2.35. The minimum atomic E-state index is -0.941. The molecule has 9 nitrogen and oxygen atoms in total. The molecule has 2 amide bonds. The molecular weight excluding hydrogens is 448 g/mol. The van der Waals surface area contributed by atoms with E-state index in [9.17, 15) is 14.4 Å². The second-order valence-corrected chi connectivity index (χ2v) is 9.40. The number of aromatic nitrogens is 2. The van der Waals surface area contributed by atoms with Crippen LogP contribution in [-0.2, 0) is 16.6 Å². The van der Waals surface area contributed by atoms with E-state index in [1.807, 2.05) is 36.4 Å². The maximum absolute atomic E-state index is 12.7. The Hall–Kier alpha value is -4.14. The van der Waals surface area contributed by atoms with E-state index >= 15 is 0 Å². The molecule has 0 unspecified atom stereocenters. The van der Waals surface area contributed by atoms with Gasteiger partial charge in [0, 0.05) is 19.5 Å². The maximum Gasteiger partial charge on any atom is 0.412 e. The van der Waals surface area contributed by atoms with Crippen molar-refractivity contribution in [3.8, 4) is 11.1 Å². The van der Waals surface area contributed by atoms with Crippen molar-refractivity contribution in [2.75, 3.05) is 18.5 Å². The lowest BCUT2D eigenvalue weighted by Gasteiger charge is -2.22. The summed E-state index contributed by atoms with van der Waals surface area (Å²) in [5, 5.41) is 18.4. The van der Waals surface area contributed by atoms with Gasteiger partial charge in [-0.15, -0.1) is 0 Å². The topological polar surface area (TPSA) is 123 Å². The van der Waals surface area contributed by atoms with Crippen molar-refractivity contribution in [2.45, 2.75) is 26.2 Å². The molecule has 0 saturated heterocycles. The second-order valence-electron chi connectivity index (χ2n) is 9.40. The molecule has 0 aliphatic heterocycles. The van der Waals surface area contributed by atoms with Crippen molar-refractivity contribution in [2.24, 2.45) is 12.5 Å². The summed E-state index contributed by atoms with van der Waals surface area (Å²) in [6.45, 7) is 3.79. The van der Waals surface area contributed by atoms with Gasteiger partial charge >= 0.3 is 12.1 Å². The summed E-state index contributed by atoms with van der Waals surface area (Å²) in [5.74, 6) is -1.30. The Labute approximate surface area is 203 Å². The van der Waals surface area contributed by atoms with Gasteiger partial charge in [0.1, 0.15) is 18.0 Å². The molecule has 182 valence electrons. The summed E-state index contributed by atoms with van der Waals surface area (Å²) in [7, 11) is 1.60. The number of hydrogen-bond donors (Lipinski definition) is 3. The number of nitrogens with one attached hydrogen (secondary N) is 2. The summed E-state index contributed by atoms with van der Waals surface area (Å²) < 4.78 is 6.95. The van der Waals surface area contributed by atoms with Crippen LogP contribution in [0.1, 0.15) is 47.7 Å². The zero-order valence-corrected chi connectivity index (χ0v) is 19.9. The predicted molar refractivity (Wildman–Crippen MR) is 130 cm³/mol. The Kier molecular flexibility index (Phi) is 6.59. The lowest BCUT2D eigenvalue weighted by atomic mass is 9.89. The van der Waals surface area contributed by atoms with Crippen LogP contribution in [0.3, 0.4) is 0 Å². The van der Waals surface area contributed by atoms with Gasteiger partial charge in [-0.05, 0) is 27.7 Å². The maximum atomic E-state index is 12.7. The minimum Gasteiger partial charge on any atom is -0.481 e. The van der Waals surface area contributed by atoms with E-state index in [1.54, 1.807) is 20.9 Å². The number of aliphatic carboxylic acids is 1. The number of ether oxygens (including phenoxy) is 1. The number of fused-ring (bicyclic) bond motifs is 3. The van der Waals surface area contributed by atoms with Gasteiger partial charge in [0.05, 0.1) is 12.6 Å². The zero-order valence-electron chi connectivity index (χ0n) is 19.9. The van der Waals surface area contributed by atoms with Gasteiger partial charge in [-0.3, -0.25) is 19.6 Å².